The van der Waals surface area contributed by atoms with Crippen LogP contribution in [-0.2, 0) is 41.9 Å². The number of para-hydroxylation sites is 1. The Labute approximate surface area is 214 Å². The summed E-state index contributed by atoms with van der Waals surface area (Å²) in [5.74, 6) is -3.29. The van der Waals surface area contributed by atoms with Crippen LogP contribution in [0.4, 0.5) is 5.69 Å². The number of nitrogens with zero attached hydrogens (tertiary/aromatic N) is 3. The number of hydroxylamine groups is 2. The van der Waals surface area contributed by atoms with Crippen molar-refractivity contribution in [1.82, 2.24) is 5.23 Å². The molecule has 32 heavy (non-hydrogen) atoms. The van der Waals surface area contributed by atoms with E-state index in [-0.39, 0.29) is 52.4 Å². The molecule has 2 N–H and O–H groups in total. The Balaban J connectivity index is 0. The molecule has 1 aliphatic carbocycles. The minimum absolute atomic E-state index is 0. The zero-order valence-electron chi connectivity index (χ0n) is 16.4. The van der Waals surface area contributed by atoms with E-state index in [1.807, 2.05) is 0 Å². The van der Waals surface area contributed by atoms with Gasteiger partial charge in [-0.05, 0) is 24.3 Å². The first-order valence-electron chi connectivity index (χ1n) is 7.62. The number of anilines is 1. The van der Waals surface area contributed by atoms with Gasteiger partial charge in [-0.1, -0.05) is 18.2 Å². The molecule has 163 valence electrons. The molecule has 1 radical (unpaired) electrons. The third-order valence-electron chi connectivity index (χ3n) is 3.34. The molecule has 0 saturated heterocycles. The fraction of sp³-hybridized carbons (Fsp3) is 0.0625. The molecular formula is C16H12CrN4NaO9S. The molecule has 0 saturated carbocycles. The molecule has 0 aliphatic heterocycles. The summed E-state index contributed by atoms with van der Waals surface area (Å²) in [5, 5.41) is 29.8. The van der Waals surface area contributed by atoms with Crippen molar-refractivity contribution in [2.24, 2.45) is 10.2 Å². The Hall–Kier alpha value is -2.03. The maximum atomic E-state index is 12.2. The van der Waals surface area contributed by atoms with Gasteiger partial charge in [-0.15, -0.1) is 10.2 Å². The summed E-state index contributed by atoms with van der Waals surface area (Å²) < 4.78 is 33.5. The summed E-state index contributed by atoms with van der Waals surface area (Å²) in [6.45, 7) is 0.984. The van der Waals surface area contributed by atoms with Gasteiger partial charge >= 0.3 is 46.9 Å². The van der Waals surface area contributed by atoms with E-state index in [4.69, 9.17) is 0 Å². The number of rotatable bonds is 6. The predicted octanol–water partition coefficient (Wildman–Crippen LogP) is -2.97. The quantitative estimate of drug-likeness (QED) is 0.102. The zero-order valence-corrected chi connectivity index (χ0v) is 20.5. The van der Waals surface area contributed by atoms with E-state index in [9.17, 15) is 37.8 Å². The molecule has 13 nitrogen and oxygen atoms in total. The first-order chi connectivity index (χ1) is 13.5. The van der Waals surface area contributed by atoms with Crippen LogP contribution in [0.3, 0.4) is 0 Å². The van der Waals surface area contributed by atoms with Crippen LogP contribution in [0.1, 0.15) is 6.92 Å². The monoisotopic (exact) mass is 511 g/mol. The van der Waals surface area contributed by atoms with E-state index < -0.39 is 54.8 Å². The van der Waals surface area contributed by atoms with Crippen molar-refractivity contribution in [3.63, 3.8) is 0 Å². The van der Waals surface area contributed by atoms with Crippen LogP contribution in [0.5, 0.6) is 0 Å². The number of hydrogen-bond acceptors (Lipinski definition) is 12. The second-order valence-corrected chi connectivity index (χ2v) is 6.78. The average molecular weight is 511 g/mol. The minimum atomic E-state index is -5.35. The molecule has 1 aromatic carbocycles. The van der Waals surface area contributed by atoms with Crippen LogP contribution in [0.25, 0.3) is 0 Å². The van der Waals surface area contributed by atoms with Gasteiger partial charge in [-0.3, -0.25) is 14.4 Å². The van der Waals surface area contributed by atoms with Crippen LogP contribution in [0.15, 0.2) is 63.3 Å². The van der Waals surface area contributed by atoms with Crippen LogP contribution in [0.2, 0.25) is 0 Å². The second kappa shape index (κ2) is 13.5. The van der Waals surface area contributed by atoms with Crippen molar-refractivity contribution >= 4 is 44.7 Å². The van der Waals surface area contributed by atoms with Crippen LogP contribution >= 0.6 is 0 Å². The fourth-order valence-corrected chi connectivity index (χ4v) is 2.63. The Morgan fingerprint density at radius 1 is 1.09 bits per heavy atom. The zero-order chi connectivity index (χ0) is 21.8. The molecule has 0 fully saturated rings. The molecule has 0 heterocycles. The molecule has 0 bridgehead atoms. The van der Waals surface area contributed by atoms with Crippen molar-refractivity contribution in [3.8, 4) is 0 Å². The molecule has 1 aliphatic rings. The van der Waals surface area contributed by atoms with Gasteiger partial charge in [0.15, 0.2) is 11.5 Å². The van der Waals surface area contributed by atoms with Crippen molar-refractivity contribution < 1.29 is 79.7 Å². The Morgan fingerprint density at radius 3 is 2.12 bits per heavy atom. The molecule has 0 spiro atoms. The van der Waals surface area contributed by atoms with Crippen LogP contribution < -0.4 is 34.9 Å². The molecular weight excluding hydrogens is 499 g/mol. The molecule has 0 atom stereocenters. The van der Waals surface area contributed by atoms with Gasteiger partial charge in [0.2, 0.25) is 5.78 Å². The number of carbonyl (C=O) groups is 3. The number of nitrogens with one attached hydrogen (secondary N) is 1. The molecule has 0 aromatic heterocycles. The van der Waals surface area contributed by atoms with Gasteiger partial charge in [0.25, 0.3) is 5.91 Å². The van der Waals surface area contributed by atoms with Gasteiger partial charge in [0.05, 0.1) is 0 Å². The first-order valence-corrected chi connectivity index (χ1v) is 9.03. The molecule has 0 unspecified atom stereocenters. The van der Waals surface area contributed by atoms with E-state index in [1.165, 1.54) is 12.1 Å². The largest absolute Gasteiger partial charge is 3.00 e. The van der Waals surface area contributed by atoms with Crippen molar-refractivity contribution in [2.75, 3.05) is 5.32 Å². The first kappa shape index (κ1) is 32.2. The summed E-state index contributed by atoms with van der Waals surface area (Å²) in [7, 11) is -5.35. The standard InChI is InChI=1S/C16H12N4O8S.Cr.Na.H2O/c1-9(21)14(16(23)17-10-5-3-2-4-6-10)19-18-12-7-11(20(24)25)8-13(15(12)22)29(26,27)28;;;/h2-8H,1H3,(H,17,23)(H,26,27,28);;;1H2/q-2;+3;+1;/p-2. The SMILES string of the molecule is CC(=O)C(=NN=C1C=C(N([O-])[O-])C=C(S(=O)(=O)[O-])C1=O)C(=O)Nc1ccccc1.[Cr+3].[Na+].[OH-]. The third kappa shape index (κ3) is 8.49. The van der Waals surface area contributed by atoms with E-state index in [0.717, 1.165) is 6.92 Å². The van der Waals surface area contributed by atoms with Crippen molar-refractivity contribution in [2.45, 2.75) is 6.92 Å². The minimum Gasteiger partial charge on any atom is -0.870 e. The number of hydrogen-bond donors (Lipinski definition) is 1. The van der Waals surface area contributed by atoms with Gasteiger partial charge in [0, 0.05) is 18.3 Å². The topological polar surface area (TPSA) is 225 Å². The summed E-state index contributed by atoms with van der Waals surface area (Å²) in [6, 6.07) is 7.96. The number of Topliss-reactive ketones (excluding diaryl/α,β-unsaturated/α-hetero) is 2. The molecule has 1 aromatic rings. The van der Waals surface area contributed by atoms with E-state index >= 15 is 0 Å². The smallest absolute Gasteiger partial charge is 0.870 e. The summed E-state index contributed by atoms with van der Waals surface area (Å²) in [6.07, 6.45) is 0.856. The Bertz CT molecular complexity index is 1100. The van der Waals surface area contributed by atoms with Crippen molar-refractivity contribution in [3.05, 3.63) is 63.5 Å². The van der Waals surface area contributed by atoms with Gasteiger partial charge < -0.3 is 31.0 Å². The maximum Gasteiger partial charge on any atom is 3.00 e. The van der Waals surface area contributed by atoms with E-state index in [1.54, 1.807) is 18.2 Å². The fourth-order valence-electron chi connectivity index (χ4n) is 2.03. The van der Waals surface area contributed by atoms with E-state index in [0.29, 0.717) is 17.8 Å². The normalized spacial score (nSPS) is 14.7. The molecule has 1 amide bonds. The Morgan fingerprint density at radius 2 is 1.66 bits per heavy atom. The second-order valence-electron chi connectivity index (χ2n) is 5.43. The Kier molecular flexibility index (Phi) is 13.6. The van der Waals surface area contributed by atoms with Gasteiger partial charge in [-0.25, -0.2) is 8.42 Å². The number of ketones is 2. The predicted molar refractivity (Wildman–Crippen MR) is 102 cm³/mol. The summed E-state index contributed by atoms with van der Waals surface area (Å²) >= 11 is 0. The average Bonchev–Trinajstić information content (AvgIpc) is 2.62. The summed E-state index contributed by atoms with van der Waals surface area (Å²) in [5.41, 5.74) is -2.25. The molecule has 2 rings (SSSR count). The number of benzene rings is 1. The maximum absolute atomic E-state index is 12.2. The number of carbonyl (C=O) groups excluding carboxylic acids is 3. The number of amides is 1. The third-order valence-corrected chi connectivity index (χ3v) is 4.18. The number of allylic oxidation sites excluding steroid dienone is 3. The van der Waals surface area contributed by atoms with Gasteiger partial charge in [0.1, 0.15) is 20.7 Å². The van der Waals surface area contributed by atoms with Crippen molar-refractivity contribution in [1.29, 1.82) is 0 Å². The molecule has 16 heteroatoms. The van der Waals surface area contributed by atoms with Crippen LogP contribution in [-0.4, -0.2) is 52.6 Å². The van der Waals surface area contributed by atoms with Gasteiger partial charge in [-0.2, -0.15) is 0 Å². The van der Waals surface area contributed by atoms with Crippen LogP contribution in [0, 0.1) is 10.4 Å². The summed E-state index contributed by atoms with van der Waals surface area (Å²) in [4.78, 5) is 34.6. The van der Waals surface area contributed by atoms with E-state index in [2.05, 4.69) is 15.5 Å².